The van der Waals surface area contributed by atoms with Gasteiger partial charge in [-0.05, 0) is 129 Å². The molecule has 4 aliphatic rings. The van der Waals surface area contributed by atoms with Gasteiger partial charge < -0.3 is 10.4 Å². The van der Waals surface area contributed by atoms with Crippen molar-refractivity contribution in [2.24, 2.45) is 51.5 Å². The molecule has 38 heavy (non-hydrogen) atoms. The van der Waals surface area contributed by atoms with Gasteiger partial charge >= 0.3 is 0 Å². The highest BCUT2D eigenvalue weighted by molar-refractivity contribution is 7.89. The second kappa shape index (κ2) is 10.4. The number of amides is 1. The van der Waals surface area contributed by atoms with Gasteiger partial charge in [-0.3, -0.25) is 4.79 Å². The third-order valence-electron chi connectivity index (χ3n) is 11.8. The number of aliphatic hydroxyl groups excluding tert-OH is 1. The van der Waals surface area contributed by atoms with Crippen LogP contribution in [0.25, 0.3) is 0 Å². The first-order valence-corrected chi connectivity index (χ1v) is 16.6. The molecule has 0 aliphatic heterocycles. The van der Waals surface area contributed by atoms with E-state index in [1.807, 2.05) is 0 Å². The lowest BCUT2D eigenvalue weighted by Crippen LogP contribution is -2.54. The molecule has 4 N–H and O–H groups in total. The van der Waals surface area contributed by atoms with E-state index >= 15 is 0 Å². The molecule has 1 aromatic carbocycles. The summed E-state index contributed by atoms with van der Waals surface area (Å²) in [6, 6.07) is 4.12. The van der Waals surface area contributed by atoms with Crippen LogP contribution in [0.1, 0.15) is 91.4 Å². The third kappa shape index (κ3) is 5.06. The van der Waals surface area contributed by atoms with Crippen LogP contribution < -0.4 is 10.5 Å². The van der Waals surface area contributed by atoms with Gasteiger partial charge in [-0.1, -0.05) is 32.4 Å². The topological polar surface area (TPSA) is 109 Å². The van der Waals surface area contributed by atoms with Crippen LogP contribution in [0.15, 0.2) is 23.1 Å². The van der Waals surface area contributed by atoms with E-state index < -0.39 is 10.0 Å². The predicted octanol–water partition coefficient (Wildman–Crippen LogP) is 6.36. The number of carbonyl (C=O) groups is 1. The SMILES string of the molecule is C[C@H](CCC(=O)Nc1ccc(S(N)(=O)=O)cc1Cl)[C@H]1CC[C@H]2[C@@H]3CC[C@@H]4C[C@H](O)CC[C@]4(C)[C@H]3CC[C@]12C. The lowest BCUT2D eigenvalue weighted by Gasteiger charge is -2.61. The van der Waals surface area contributed by atoms with Crippen molar-refractivity contribution in [1.82, 2.24) is 0 Å². The number of halogens is 1. The fraction of sp³-hybridized carbons (Fsp3) is 0.767. The molecule has 1 aromatic rings. The molecule has 1 amide bonds. The predicted molar refractivity (Wildman–Crippen MR) is 151 cm³/mol. The number of sulfonamides is 1. The van der Waals surface area contributed by atoms with Crippen LogP contribution in [0.4, 0.5) is 5.69 Å². The Kier molecular flexibility index (Phi) is 7.73. The molecule has 0 radical (unpaired) electrons. The fourth-order valence-corrected chi connectivity index (χ4v) is 10.6. The first-order valence-electron chi connectivity index (χ1n) is 14.6. The fourth-order valence-electron chi connectivity index (χ4n) is 9.76. The average Bonchev–Trinajstić information content (AvgIpc) is 3.21. The number of nitrogens with two attached hydrogens (primary N) is 1. The zero-order valence-corrected chi connectivity index (χ0v) is 24.7. The molecule has 8 heteroatoms. The van der Waals surface area contributed by atoms with E-state index in [0.29, 0.717) is 40.7 Å². The molecule has 0 saturated heterocycles. The minimum absolute atomic E-state index is 0.0727. The van der Waals surface area contributed by atoms with Crippen molar-refractivity contribution in [3.63, 3.8) is 0 Å². The first kappa shape index (κ1) is 28.4. The maximum absolute atomic E-state index is 12.8. The van der Waals surface area contributed by atoms with Crippen LogP contribution in [0.3, 0.4) is 0 Å². The standard InChI is InChI=1S/C30H45ClN2O4S/c1-18(4-11-28(35)33-27-10-6-21(17-26(27)31)38(32,36)37)23-8-9-24-22-7-5-19-16-20(34)12-14-29(19,2)25(22)13-15-30(23,24)3/h6,10,17-20,22-25,34H,4-5,7-9,11-16H2,1-3H3,(H,33,35)(H2,32,36,37)/t18-,19-,20-,22+,23-,24+,25+,29+,30-/m1/s1. The number of fused-ring (bicyclic) bond motifs is 5. The van der Waals surface area contributed by atoms with Gasteiger partial charge in [0.25, 0.3) is 0 Å². The molecule has 0 heterocycles. The molecule has 5 rings (SSSR count). The maximum Gasteiger partial charge on any atom is 0.238 e. The summed E-state index contributed by atoms with van der Waals surface area (Å²) in [5.41, 5.74) is 1.16. The Labute approximate surface area is 233 Å². The van der Waals surface area contributed by atoms with Crippen molar-refractivity contribution in [3.8, 4) is 0 Å². The van der Waals surface area contributed by atoms with Gasteiger partial charge in [0.15, 0.2) is 0 Å². The van der Waals surface area contributed by atoms with Crippen molar-refractivity contribution in [3.05, 3.63) is 23.2 Å². The normalized spacial score (nSPS) is 39.5. The van der Waals surface area contributed by atoms with Crippen LogP contribution in [0.5, 0.6) is 0 Å². The molecule has 6 nitrogen and oxygen atoms in total. The lowest BCUT2D eigenvalue weighted by atomic mass is 9.44. The van der Waals surface area contributed by atoms with Crippen LogP contribution in [0.2, 0.25) is 5.02 Å². The van der Waals surface area contributed by atoms with Gasteiger partial charge in [0.2, 0.25) is 15.9 Å². The van der Waals surface area contributed by atoms with E-state index in [1.54, 1.807) is 0 Å². The second-order valence-electron chi connectivity index (χ2n) is 13.6. The highest BCUT2D eigenvalue weighted by Crippen LogP contribution is 2.68. The quantitative estimate of drug-likeness (QED) is 0.373. The van der Waals surface area contributed by atoms with Crippen LogP contribution in [-0.4, -0.2) is 25.5 Å². The Morgan fingerprint density at radius 2 is 1.82 bits per heavy atom. The Hall–Kier alpha value is -1.15. The van der Waals surface area contributed by atoms with Crippen molar-refractivity contribution in [1.29, 1.82) is 0 Å². The molecular formula is C30H45ClN2O4S. The number of carbonyl (C=O) groups excluding carboxylic acids is 1. The lowest BCUT2D eigenvalue weighted by molar-refractivity contribution is -0.129. The van der Waals surface area contributed by atoms with Crippen LogP contribution in [0, 0.1) is 46.3 Å². The molecule has 0 bridgehead atoms. The smallest absolute Gasteiger partial charge is 0.238 e. The molecule has 0 unspecified atom stereocenters. The number of hydrogen-bond acceptors (Lipinski definition) is 4. The van der Waals surface area contributed by atoms with Gasteiger partial charge in [0, 0.05) is 6.42 Å². The van der Waals surface area contributed by atoms with Crippen molar-refractivity contribution < 1.29 is 18.3 Å². The van der Waals surface area contributed by atoms with Crippen LogP contribution in [-0.2, 0) is 14.8 Å². The Morgan fingerprint density at radius 1 is 1.11 bits per heavy atom. The largest absolute Gasteiger partial charge is 0.393 e. The zero-order valence-electron chi connectivity index (χ0n) is 23.1. The van der Waals surface area contributed by atoms with Gasteiger partial charge in [0.1, 0.15) is 0 Å². The number of nitrogens with one attached hydrogen (secondary N) is 1. The highest BCUT2D eigenvalue weighted by atomic mass is 35.5. The summed E-state index contributed by atoms with van der Waals surface area (Å²) in [5, 5.41) is 18.5. The Bertz CT molecular complexity index is 1170. The summed E-state index contributed by atoms with van der Waals surface area (Å²) >= 11 is 6.21. The summed E-state index contributed by atoms with van der Waals surface area (Å²) in [6.45, 7) is 7.42. The average molecular weight is 565 g/mol. The Balaban J connectivity index is 1.20. The number of primary sulfonamides is 1. The molecule has 4 aliphatic carbocycles. The zero-order chi connectivity index (χ0) is 27.5. The van der Waals surface area contributed by atoms with E-state index in [-0.39, 0.29) is 21.9 Å². The van der Waals surface area contributed by atoms with Gasteiger partial charge in [-0.25, -0.2) is 13.6 Å². The Morgan fingerprint density at radius 3 is 2.53 bits per heavy atom. The van der Waals surface area contributed by atoms with Gasteiger partial charge in [-0.2, -0.15) is 0 Å². The molecule has 0 aromatic heterocycles. The molecule has 0 spiro atoms. The summed E-state index contributed by atoms with van der Waals surface area (Å²) in [6.07, 6.45) is 12.1. The number of aliphatic hydroxyl groups is 1. The minimum atomic E-state index is -3.84. The van der Waals surface area contributed by atoms with E-state index in [0.717, 1.165) is 37.0 Å². The first-order chi connectivity index (χ1) is 17.8. The number of hydrogen-bond donors (Lipinski definition) is 3. The number of benzene rings is 1. The highest BCUT2D eigenvalue weighted by Gasteiger charge is 2.60. The summed E-state index contributed by atoms with van der Waals surface area (Å²) in [7, 11) is -3.84. The minimum Gasteiger partial charge on any atom is -0.393 e. The van der Waals surface area contributed by atoms with E-state index in [1.165, 1.54) is 63.1 Å². The van der Waals surface area contributed by atoms with Gasteiger partial charge in [0.05, 0.1) is 21.7 Å². The molecule has 4 fully saturated rings. The molecular weight excluding hydrogens is 520 g/mol. The van der Waals surface area contributed by atoms with E-state index in [2.05, 4.69) is 26.1 Å². The molecule has 4 saturated carbocycles. The van der Waals surface area contributed by atoms with Crippen molar-refractivity contribution in [2.45, 2.75) is 102 Å². The van der Waals surface area contributed by atoms with E-state index in [9.17, 15) is 18.3 Å². The summed E-state index contributed by atoms with van der Waals surface area (Å²) in [5.74, 6) is 4.09. The monoisotopic (exact) mass is 564 g/mol. The molecule has 212 valence electrons. The molecule has 9 atom stereocenters. The van der Waals surface area contributed by atoms with E-state index in [4.69, 9.17) is 16.7 Å². The van der Waals surface area contributed by atoms with Crippen LogP contribution >= 0.6 is 11.6 Å². The number of rotatable bonds is 6. The maximum atomic E-state index is 12.8. The third-order valence-corrected chi connectivity index (χ3v) is 13.0. The number of anilines is 1. The van der Waals surface area contributed by atoms with Gasteiger partial charge in [-0.15, -0.1) is 0 Å². The summed E-state index contributed by atoms with van der Waals surface area (Å²) in [4.78, 5) is 12.7. The van der Waals surface area contributed by atoms with Crippen molar-refractivity contribution in [2.75, 3.05) is 5.32 Å². The summed E-state index contributed by atoms with van der Waals surface area (Å²) < 4.78 is 23.1. The second-order valence-corrected chi connectivity index (χ2v) is 15.5. The van der Waals surface area contributed by atoms with Crippen molar-refractivity contribution >= 4 is 33.2 Å².